The van der Waals surface area contributed by atoms with Gasteiger partial charge in [-0.2, -0.15) is 0 Å². The lowest BCUT2D eigenvalue weighted by Crippen LogP contribution is -2.49. The van der Waals surface area contributed by atoms with E-state index in [1.807, 2.05) is 11.8 Å². The maximum atomic E-state index is 11.4. The number of nitro benzene ring substituents is 1. The zero-order valence-corrected chi connectivity index (χ0v) is 10.7. The van der Waals surface area contributed by atoms with E-state index in [1.165, 1.54) is 12.1 Å². The number of carboxylic acids is 1. The second kappa shape index (κ2) is 5.26. The van der Waals surface area contributed by atoms with E-state index in [0.29, 0.717) is 6.54 Å². The first kappa shape index (κ1) is 13.3. The summed E-state index contributed by atoms with van der Waals surface area (Å²) in [6.07, 6.45) is 1.82. The summed E-state index contributed by atoms with van der Waals surface area (Å²) in [7, 11) is 0. The number of hydrogen-bond donors (Lipinski definition) is 1. The fourth-order valence-electron chi connectivity index (χ4n) is 2.62. The Labute approximate surface area is 110 Å². The van der Waals surface area contributed by atoms with E-state index in [-0.39, 0.29) is 11.6 Å². The predicted molar refractivity (Wildman–Crippen MR) is 70.3 cm³/mol. The summed E-state index contributed by atoms with van der Waals surface area (Å²) >= 11 is 0. The summed E-state index contributed by atoms with van der Waals surface area (Å²) in [5.74, 6) is -0.771. The smallest absolute Gasteiger partial charge is 0.326 e. The fourth-order valence-corrected chi connectivity index (χ4v) is 2.62. The van der Waals surface area contributed by atoms with Crippen LogP contribution in [0.4, 0.5) is 11.4 Å². The maximum absolute atomic E-state index is 11.4. The van der Waals surface area contributed by atoms with Crippen LogP contribution in [0.25, 0.3) is 0 Å². The molecular formula is C13H16N2O4. The molecule has 1 fully saturated rings. The minimum Gasteiger partial charge on any atom is -0.480 e. The molecule has 0 radical (unpaired) electrons. The minimum atomic E-state index is -0.842. The quantitative estimate of drug-likeness (QED) is 0.668. The van der Waals surface area contributed by atoms with Crippen LogP contribution in [-0.4, -0.2) is 28.6 Å². The lowest BCUT2D eigenvalue weighted by atomic mass is 9.90. The van der Waals surface area contributed by atoms with E-state index in [9.17, 15) is 20.0 Å². The first-order valence-electron chi connectivity index (χ1n) is 6.24. The van der Waals surface area contributed by atoms with E-state index >= 15 is 0 Å². The van der Waals surface area contributed by atoms with E-state index in [0.717, 1.165) is 18.5 Å². The van der Waals surface area contributed by atoms with Crippen molar-refractivity contribution in [2.75, 3.05) is 11.4 Å². The lowest BCUT2D eigenvalue weighted by Gasteiger charge is -2.38. The second-order valence-electron chi connectivity index (χ2n) is 4.87. The molecule has 1 aromatic carbocycles. The van der Waals surface area contributed by atoms with Crippen LogP contribution < -0.4 is 4.90 Å². The highest BCUT2D eigenvalue weighted by Gasteiger charge is 2.34. The Hall–Kier alpha value is -2.11. The number of nitrogens with zero attached hydrogens (tertiary/aromatic N) is 2. The number of nitro groups is 1. The van der Waals surface area contributed by atoms with Crippen LogP contribution >= 0.6 is 0 Å². The highest BCUT2D eigenvalue weighted by Crippen LogP contribution is 2.29. The topological polar surface area (TPSA) is 83.7 Å². The van der Waals surface area contributed by atoms with Gasteiger partial charge in [-0.15, -0.1) is 0 Å². The predicted octanol–water partition coefficient (Wildman–Crippen LogP) is 2.28. The number of non-ortho nitro benzene ring substituents is 1. The van der Waals surface area contributed by atoms with Crippen molar-refractivity contribution in [3.8, 4) is 0 Å². The standard InChI is InChI=1S/C13H16N2O4/c1-9-3-2-8-14(12(9)13(16)17)10-4-6-11(7-5-10)15(18)19/h4-7,9,12H,2-3,8H2,1H3,(H,16,17). The van der Waals surface area contributed by atoms with Gasteiger partial charge in [0.15, 0.2) is 0 Å². The van der Waals surface area contributed by atoms with Crippen molar-refractivity contribution in [2.24, 2.45) is 5.92 Å². The molecule has 0 amide bonds. The largest absolute Gasteiger partial charge is 0.480 e. The molecule has 1 N–H and O–H groups in total. The number of aliphatic carboxylic acids is 1. The Balaban J connectivity index is 2.27. The summed E-state index contributed by atoms with van der Waals surface area (Å²) < 4.78 is 0. The molecule has 1 heterocycles. The Kier molecular flexibility index (Phi) is 3.69. The van der Waals surface area contributed by atoms with Crippen LogP contribution in [0.1, 0.15) is 19.8 Å². The van der Waals surface area contributed by atoms with Gasteiger partial charge in [-0.25, -0.2) is 4.79 Å². The molecule has 0 bridgehead atoms. The van der Waals surface area contributed by atoms with Crippen molar-refractivity contribution in [3.05, 3.63) is 34.4 Å². The van der Waals surface area contributed by atoms with Crippen molar-refractivity contribution < 1.29 is 14.8 Å². The normalized spacial score (nSPS) is 23.1. The molecule has 6 heteroatoms. The highest BCUT2D eigenvalue weighted by atomic mass is 16.6. The third-order valence-electron chi connectivity index (χ3n) is 3.58. The number of carboxylic acid groups (broad SMARTS) is 1. The molecular weight excluding hydrogens is 248 g/mol. The van der Waals surface area contributed by atoms with Crippen LogP contribution in [0.15, 0.2) is 24.3 Å². The average molecular weight is 264 g/mol. The molecule has 6 nitrogen and oxygen atoms in total. The van der Waals surface area contributed by atoms with Gasteiger partial charge in [0.2, 0.25) is 0 Å². The van der Waals surface area contributed by atoms with Gasteiger partial charge in [0.25, 0.3) is 5.69 Å². The third kappa shape index (κ3) is 2.67. The van der Waals surface area contributed by atoms with Crippen molar-refractivity contribution in [1.29, 1.82) is 0 Å². The van der Waals surface area contributed by atoms with E-state index in [2.05, 4.69) is 0 Å². The molecule has 0 spiro atoms. The molecule has 0 aromatic heterocycles. The van der Waals surface area contributed by atoms with Crippen molar-refractivity contribution in [3.63, 3.8) is 0 Å². The van der Waals surface area contributed by atoms with Gasteiger partial charge in [-0.1, -0.05) is 6.92 Å². The van der Waals surface area contributed by atoms with Gasteiger partial charge in [0.05, 0.1) is 4.92 Å². The van der Waals surface area contributed by atoms with Crippen LogP contribution in [0.5, 0.6) is 0 Å². The Bertz CT molecular complexity index is 486. The minimum absolute atomic E-state index is 0.0145. The van der Waals surface area contributed by atoms with Crippen molar-refractivity contribution in [2.45, 2.75) is 25.8 Å². The van der Waals surface area contributed by atoms with E-state index < -0.39 is 16.9 Å². The van der Waals surface area contributed by atoms with Gasteiger partial charge in [-0.3, -0.25) is 10.1 Å². The van der Waals surface area contributed by atoms with Crippen molar-refractivity contribution in [1.82, 2.24) is 0 Å². The summed E-state index contributed by atoms with van der Waals surface area (Å²) in [6.45, 7) is 2.59. The van der Waals surface area contributed by atoms with E-state index in [1.54, 1.807) is 12.1 Å². The van der Waals surface area contributed by atoms with Crippen LogP contribution in [-0.2, 0) is 4.79 Å². The molecule has 2 rings (SSSR count). The molecule has 1 aromatic rings. The first-order valence-corrected chi connectivity index (χ1v) is 6.24. The summed E-state index contributed by atoms with van der Waals surface area (Å²) in [4.78, 5) is 23.3. The molecule has 19 heavy (non-hydrogen) atoms. The molecule has 0 saturated carbocycles. The van der Waals surface area contributed by atoms with Gasteiger partial charge in [-0.05, 0) is 30.9 Å². The number of piperidine rings is 1. The molecule has 2 unspecified atom stereocenters. The Morgan fingerprint density at radius 2 is 2.05 bits per heavy atom. The zero-order chi connectivity index (χ0) is 14.0. The van der Waals surface area contributed by atoms with Gasteiger partial charge in [0.1, 0.15) is 6.04 Å². The first-order chi connectivity index (χ1) is 9.00. The molecule has 1 saturated heterocycles. The summed E-state index contributed by atoms with van der Waals surface area (Å²) in [5, 5.41) is 19.9. The number of rotatable bonds is 3. The van der Waals surface area contributed by atoms with Gasteiger partial charge < -0.3 is 10.0 Å². The molecule has 1 aliphatic heterocycles. The van der Waals surface area contributed by atoms with Gasteiger partial charge >= 0.3 is 5.97 Å². The zero-order valence-electron chi connectivity index (χ0n) is 10.7. The monoisotopic (exact) mass is 264 g/mol. The lowest BCUT2D eigenvalue weighted by molar-refractivity contribution is -0.384. The number of benzene rings is 1. The average Bonchev–Trinajstić information content (AvgIpc) is 2.38. The fraction of sp³-hybridized carbons (Fsp3) is 0.462. The molecule has 1 aliphatic rings. The van der Waals surface area contributed by atoms with Crippen LogP contribution in [0.2, 0.25) is 0 Å². The van der Waals surface area contributed by atoms with Crippen molar-refractivity contribution >= 4 is 17.3 Å². The third-order valence-corrected chi connectivity index (χ3v) is 3.58. The highest BCUT2D eigenvalue weighted by molar-refractivity contribution is 5.79. The maximum Gasteiger partial charge on any atom is 0.326 e. The second-order valence-corrected chi connectivity index (χ2v) is 4.87. The Morgan fingerprint density at radius 1 is 1.42 bits per heavy atom. The van der Waals surface area contributed by atoms with Gasteiger partial charge in [0, 0.05) is 24.4 Å². The number of hydrogen-bond acceptors (Lipinski definition) is 4. The molecule has 102 valence electrons. The van der Waals surface area contributed by atoms with E-state index in [4.69, 9.17) is 0 Å². The van der Waals surface area contributed by atoms with Crippen LogP contribution in [0, 0.1) is 16.0 Å². The molecule has 0 aliphatic carbocycles. The van der Waals surface area contributed by atoms with Crippen LogP contribution in [0.3, 0.4) is 0 Å². The molecule has 2 atom stereocenters. The number of carbonyl (C=O) groups is 1. The summed E-state index contributed by atoms with van der Waals surface area (Å²) in [5.41, 5.74) is 0.741. The summed E-state index contributed by atoms with van der Waals surface area (Å²) in [6, 6.07) is 5.49. The number of anilines is 1. The SMILES string of the molecule is CC1CCCN(c2ccc([N+](=O)[O-])cc2)C1C(=O)O. The Morgan fingerprint density at radius 3 is 2.58 bits per heavy atom.